The summed E-state index contributed by atoms with van der Waals surface area (Å²) in [6.45, 7) is 0. The van der Waals surface area contributed by atoms with E-state index in [2.05, 4.69) is 0 Å². The normalized spacial score (nSPS) is 1.33. The van der Waals surface area contributed by atoms with Crippen LogP contribution in [0.3, 0.4) is 0 Å². The molecule has 0 amide bonds. The Morgan fingerprint density at radius 3 is 1.17 bits per heavy atom. The summed E-state index contributed by atoms with van der Waals surface area (Å²) < 4.78 is 0. The smallest absolute Gasteiger partial charge is 1.00 e. The van der Waals surface area contributed by atoms with Crippen LogP contribution >= 0.6 is 0 Å². The van der Waals surface area contributed by atoms with Crippen LogP contribution in [0.5, 0.6) is 0 Å². The first-order valence-electron chi connectivity index (χ1n) is 0.400. The second kappa shape index (κ2) is 32.7. The van der Waals surface area contributed by atoms with Gasteiger partial charge >= 0.3 is 52.6 Å². The molecular formula is ClMgN3Na+. The zero-order valence-corrected chi connectivity index (χ0v) is 7.60. The van der Waals surface area contributed by atoms with Crippen LogP contribution in [0.4, 0.5) is 0 Å². The molecule has 0 aromatic carbocycles. The minimum atomic E-state index is 0. The molecule has 0 aromatic rings. The molecule has 0 saturated carbocycles. The van der Waals surface area contributed by atoms with Crippen LogP contribution in [-0.4, -0.2) is 23.1 Å². The average molecular weight is 125 g/mol. The predicted octanol–water partition coefficient (Wildman–Crippen LogP) is -5.51. The largest absolute Gasteiger partial charge is 2.00 e. The van der Waals surface area contributed by atoms with Crippen molar-refractivity contribution in [2.24, 2.45) is 0 Å². The number of hydrogen-bond acceptors (Lipinski definition) is 0. The van der Waals surface area contributed by atoms with Crippen molar-refractivity contribution in [2.45, 2.75) is 0 Å². The molecule has 0 aliphatic heterocycles. The summed E-state index contributed by atoms with van der Waals surface area (Å²) in [5.74, 6) is 0. The van der Waals surface area contributed by atoms with Crippen LogP contribution in [0.2, 0.25) is 0 Å². The molecule has 0 atom stereocenters. The van der Waals surface area contributed by atoms with Crippen molar-refractivity contribution in [1.82, 2.24) is 0 Å². The fourth-order valence-corrected chi connectivity index (χ4v) is 0. The summed E-state index contributed by atoms with van der Waals surface area (Å²) in [5, 5.41) is 0. The summed E-state index contributed by atoms with van der Waals surface area (Å²) in [4.78, 5) is 1.50. The van der Waals surface area contributed by atoms with Gasteiger partial charge in [-0.25, -0.2) is 0 Å². The third-order valence-corrected chi connectivity index (χ3v) is 0. The summed E-state index contributed by atoms with van der Waals surface area (Å²) in [5.41, 5.74) is 13.5. The maximum Gasteiger partial charge on any atom is 2.00 e. The number of rotatable bonds is 0. The van der Waals surface area contributed by atoms with Crippen molar-refractivity contribution < 1.29 is 42.0 Å². The van der Waals surface area contributed by atoms with Gasteiger partial charge in [0, 0.05) is 0 Å². The minimum absolute atomic E-state index is 0. The van der Waals surface area contributed by atoms with Gasteiger partial charge < -0.3 is 23.5 Å². The molecule has 0 rings (SSSR count). The Bertz CT molecular complexity index is 31.8. The van der Waals surface area contributed by atoms with Gasteiger partial charge in [0.25, 0.3) is 0 Å². The van der Waals surface area contributed by atoms with E-state index in [0.29, 0.717) is 0 Å². The van der Waals surface area contributed by atoms with Gasteiger partial charge in [-0.15, -0.1) is 0 Å². The van der Waals surface area contributed by atoms with E-state index in [4.69, 9.17) is 11.1 Å². The van der Waals surface area contributed by atoms with Gasteiger partial charge in [0.1, 0.15) is 0 Å². The van der Waals surface area contributed by atoms with Crippen molar-refractivity contribution in [2.75, 3.05) is 0 Å². The Balaban J connectivity index is -0.00000000667. The van der Waals surface area contributed by atoms with Crippen LogP contribution in [0.15, 0.2) is 0 Å². The van der Waals surface area contributed by atoms with Gasteiger partial charge in [0.05, 0.1) is 0 Å². The monoisotopic (exact) mass is 124 g/mol. The molecule has 6 heavy (non-hydrogen) atoms. The van der Waals surface area contributed by atoms with Crippen LogP contribution in [-0.2, 0) is 0 Å². The first-order chi connectivity index (χ1) is 1.41. The van der Waals surface area contributed by atoms with E-state index in [1.807, 2.05) is 0 Å². The SMILES string of the molecule is [Cl-].[Mg+2].[N-]=[N+]=[N-].[Na+]. The Kier molecular flexibility index (Phi) is 144. The molecule has 0 unspecified atom stereocenters. The van der Waals surface area contributed by atoms with Crippen molar-refractivity contribution in [3.05, 3.63) is 16.0 Å². The molecule has 0 radical (unpaired) electrons. The number of hydrogen-bond donors (Lipinski definition) is 0. The summed E-state index contributed by atoms with van der Waals surface area (Å²) in [6, 6.07) is 0. The molecule has 0 aromatic heterocycles. The molecule has 6 heteroatoms. The molecule has 3 nitrogen and oxygen atoms in total. The molecule has 0 aliphatic rings. The summed E-state index contributed by atoms with van der Waals surface area (Å²) >= 11 is 0. The summed E-state index contributed by atoms with van der Waals surface area (Å²) in [6.07, 6.45) is 0. The van der Waals surface area contributed by atoms with Gasteiger partial charge in [-0.3, -0.25) is 4.91 Å². The fraction of sp³-hybridized carbons (Fsp3) is 0. The molecular weight excluding hydrogens is 125 g/mol. The van der Waals surface area contributed by atoms with E-state index in [-0.39, 0.29) is 65.0 Å². The Morgan fingerprint density at radius 1 is 1.17 bits per heavy atom. The molecule has 0 saturated heterocycles. The van der Waals surface area contributed by atoms with Crippen molar-refractivity contribution in [3.63, 3.8) is 0 Å². The minimum Gasteiger partial charge on any atom is -1.00 e. The quantitative estimate of drug-likeness (QED) is 0.134. The van der Waals surface area contributed by atoms with E-state index in [9.17, 15) is 0 Å². The maximum atomic E-state index is 6.75. The van der Waals surface area contributed by atoms with Crippen molar-refractivity contribution >= 4 is 23.1 Å². The summed E-state index contributed by atoms with van der Waals surface area (Å²) in [7, 11) is 0. The zero-order valence-electron chi connectivity index (χ0n) is 3.43. The van der Waals surface area contributed by atoms with Crippen molar-refractivity contribution in [1.29, 1.82) is 0 Å². The molecule has 0 spiro atoms. The van der Waals surface area contributed by atoms with Crippen LogP contribution < -0.4 is 42.0 Å². The van der Waals surface area contributed by atoms with Crippen molar-refractivity contribution in [3.8, 4) is 0 Å². The molecule has 0 bridgehead atoms. The van der Waals surface area contributed by atoms with E-state index in [1.54, 1.807) is 0 Å². The zero-order chi connectivity index (χ0) is 2.71. The molecule has 0 aliphatic carbocycles. The van der Waals surface area contributed by atoms with Gasteiger partial charge in [0.2, 0.25) is 0 Å². The van der Waals surface area contributed by atoms with Crippen LogP contribution in [0.1, 0.15) is 0 Å². The predicted molar refractivity (Wildman–Crippen MR) is 15.8 cm³/mol. The average Bonchev–Trinajstić information content (AvgIpc) is 0.918. The molecule has 0 N–H and O–H groups in total. The number of nitrogens with zero attached hydrogens (tertiary/aromatic N) is 3. The Morgan fingerprint density at radius 2 is 1.17 bits per heavy atom. The third-order valence-electron chi connectivity index (χ3n) is 0. The standard InChI is InChI=1S/ClH.Mg.N3.Na/c;;1-3-2;/h1H;;;/q;+2;-1;+1/p-1. The third kappa shape index (κ3) is 54.8. The van der Waals surface area contributed by atoms with E-state index in [1.165, 1.54) is 4.91 Å². The molecule has 0 fully saturated rings. The first kappa shape index (κ1) is 26.3. The van der Waals surface area contributed by atoms with Gasteiger partial charge in [-0.1, -0.05) is 0 Å². The Labute approximate surface area is 80.1 Å². The Hall–Kier alpha value is 1.37. The number of halogens is 1. The van der Waals surface area contributed by atoms with E-state index < -0.39 is 0 Å². The van der Waals surface area contributed by atoms with Gasteiger partial charge in [-0.05, 0) is 0 Å². The second-order valence-electron chi connectivity index (χ2n) is 0.0894. The van der Waals surface area contributed by atoms with E-state index in [0.717, 1.165) is 0 Å². The first-order valence-corrected chi connectivity index (χ1v) is 0.400. The maximum absolute atomic E-state index is 6.75. The molecule has 0 heterocycles. The van der Waals surface area contributed by atoms with Gasteiger partial charge in [-0.2, -0.15) is 0 Å². The van der Waals surface area contributed by atoms with Crippen LogP contribution in [0.25, 0.3) is 16.0 Å². The second-order valence-corrected chi connectivity index (χ2v) is 0.0894. The van der Waals surface area contributed by atoms with Crippen LogP contribution in [0, 0.1) is 0 Å². The van der Waals surface area contributed by atoms with Gasteiger partial charge in [0.15, 0.2) is 0 Å². The molecule has 24 valence electrons. The fourth-order valence-electron chi connectivity index (χ4n) is 0. The topological polar surface area (TPSA) is 58.7 Å². The van der Waals surface area contributed by atoms with E-state index >= 15 is 0 Å².